The van der Waals surface area contributed by atoms with Gasteiger partial charge in [-0.05, 0) is 5.56 Å². The third-order valence-corrected chi connectivity index (χ3v) is 2.37. The van der Waals surface area contributed by atoms with Crippen molar-refractivity contribution in [3.63, 3.8) is 0 Å². The van der Waals surface area contributed by atoms with Gasteiger partial charge in [0.1, 0.15) is 6.04 Å². The fourth-order valence-corrected chi connectivity index (χ4v) is 1.64. The van der Waals surface area contributed by atoms with E-state index in [0.29, 0.717) is 6.42 Å². The van der Waals surface area contributed by atoms with Crippen LogP contribution in [0, 0.1) is 0 Å². The van der Waals surface area contributed by atoms with Gasteiger partial charge in [0, 0.05) is 25.1 Å². The molecule has 0 saturated heterocycles. The van der Waals surface area contributed by atoms with Crippen LogP contribution in [-0.2, 0) is 23.7 Å². The van der Waals surface area contributed by atoms with E-state index in [1.165, 1.54) is 0 Å². The number of carbonyl (C=O) groups is 1. The Labute approximate surface area is 95.3 Å². The number of aryl methyl sites for hydroxylation is 1. The minimum Gasteiger partial charge on any atom is -0.480 e. The second-order valence-corrected chi connectivity index (χ2v) is 5.08. The van der Waals surface area contributed by atoms with Crippen LogP contribution in [0.25, 0.3) is 0 Å². The summed E-state index contributed by atoms with van der Waals surface area (Å²) >= 11 is 0. The Morgan fingerprint density at radius 3 is 2.62 bits per heavy atom. The lowest BCUT2D eigenvalue weighted by Crippen LogP contribution is -2.33. The molecule has 5 heteroatoms. The molecule has 1 aromatic heterocycles. The van der Waals surface area contributed by atoms with Gasteiger partial charge in [-0.3, -0.25) is 9.48 Å². The molecule has 1 aromatic rings. The average Bonchev–Trinajstić information content (AvgIpc) is 2.45. The van der Waals surface area contributed by atoms with E-state index in [1.807, 2.05) is 34.0 Å². The van der Waals surface area contributed by atoms with Crippen molar-refractivity contribution < 1.29 is 9.90 Å². The molecule has 0 aromatic carbocycles. The van der Waals surface area contributed by atoms with Gasteiger partial charge in [-0.25, -0.2) is 0 Å². The highest BCUT2D eigenvalue weighted by Crippen LogP contribution is 2.24. The summed E-state index contributed by atoms with van der Waals surface area (Å²) < 4.78 is 1.70. The van der Waals surface area contributed by atoms with Crippen molar-refractivity contribution in [3.8, 4) is 0 Å². The molecule has 0 aliphatic rings. The van der Waals surface area contributed by atoms with Crippen LogP contribution < -0.4 is 5.73 Å². The lowest BCUT2D eigenvalue weighted by Gasteiger charge is -2.18. The van der Waals surface area contributed by atoms with Crippen LogP contribution in [0.2, 0.25) is 0 Å². The quantitative estimate of drug-likeness (QED) is 0.792. The van der Waals surface area contributed by atoms with E-state index in [4.69, 9.17) is 10.8 Å². The summed E-state index contributed by atoms with van der Waals surface area (Å²) in [6.07, 6.45) is 2.15. The van der Waals surface area contributed by atoms with Gasteiger partial charge in [0.25, 0.3) is 0 Å². The molecule has 90 valence electrons. The van der Waals surface area contributed by atoms with Crippen molar-refractivity contribution in [1.29, 1.82) is 0 Å². The number of nitrogens with zero attached hydrogens (tertiary/aromatic N) is 2. The van der Waals surface area contributed by atoms with Crippen LogP contribution >= 0.6 is 0 Å². The highest BCUT2D eigenvalue weighted by Gasteiger charge is 2.24. The fraction of sp³-hybridized carbons (Fsp3) is 0.636. The SMILES string of the molecule is Cn1cc(C[C@H](N)C(=O)O)c(C(C)(C)C)n1. The maximum atomic E-state index is 10.7. The van der Waals surface area contributed by atoms with Gasteiger partial charge in [-0.1, -0.05) is 20.8 Å². The van der Waals surface area contributed by atoms with Gasteiger partial charge in [-0.15, -0.1) is 0 Å². The first kappa shape index (κ1) is 12.7. The number of aromatic nitrogens is 2. The van der Waals surface area contributed by atoms with E-state index >= 15 is 0 Å². The molecule has 0 saturated carbocycles. The van der Waals surface area contributed by atoms with Crippen molar-refractivity contribution in [1.82, 2.24) is 9.78 Å². The number of carboxylic acids is 1. The maximum absolute atomic E-state index is 10.7. The number of hydrogen-bond acceptors (Lipinski definition) is 3. The number of nitrogens with two attached hydrogens (primary N) is 1. The second kappa shape index (κ2) is 4.25. The predicted octanol–water partition coefficient (Wildman–Crippen LogP) is 0.672. The zero-order valence-electron chi connectivity index (χ0n) is 10.2. The molecular formula is C11H19N3O2. The molecule has 1 rings (SSSR count). The van der Waals surface area contributed by atoms with Crippen LogP contribution in [0.1, 0.15) is 32.0 Å². The first-order valence-corrected chi connectivity index (χ1v) is 5.23. The monoisotopic (exact) mass is 225 g/mol. The summed E-state index contributed by atoms with van der Waals surface area (Å²) in [5.41, 5.74) is 7.25. The Balaban J connectivity index is 3.00. The molecule has 0 amide bonds. The number of carboxylic acid groups (broad SMARTS) is 1. The number of rotatable bonds is 3. The highest BCUT2D eigenvalue weighted by atomic mass is 16.4. The molecule has 0 spiro atoms. The summed E-state index contributed by atoms with van der Waals surface area (Å²) in [7, 11) is 1.82. The first-order valence-electron chi connectivity index (χ1n) is 5.23. The summed E-state index contributed by atoms with van der Waals surface area (Å²) in [4.78, 5) is 10.7. The van der Waals surface area contributed by atoms with Crippen molar-refractivity contribution in [2.24, 2.45) is 12.8 Å². The minimum absolute atomic E-state index is 0.102. The van der Waals surface area contributed by atoms with E-state index in [0.717, 1.165) is 11.3 Å². The van der Waals surface area contributed by atoms with Gasteiger partial charge in [0.05, 0.1) is 5.69 Å². The average molecular weight is 225 g/mol. The molecule has 1 heterocycles. The molecule has 0 radical (unpaired) electrons. The van der Waals surface area contributed by atoms with Crippen molar-refractivity contribution >= 4 is 5.97 Å². The van der Waals surface area contributed by atoms with Crippen LogP contribution in [0.15, 0.2) is 6.20 Å². The van der Waals surface area contributed by atoms with Gasteiger partial charge in [0.2, 0.25) is 0 Å². The van der Waals surface area contributed by atoms with Crippen LogP contribution in [0.4, 0.5) is 0 Å². The molecular weight excluding hydrogens is 206 g/mol. The van der Waals surface area contributed by atoms with Gasteiger partial charge < -0.3 is 10.8 Å². The summed E-state index contributed by atoms with van der Waals surface area (Å²) in [5.74, 6) is -0.983. The lowest BCUT2D eigenvalue weighted by molar-refractivity contribution is -0.138. The van der Waals surface area contributed by atoms with Crippen LogP contribution in [-0.4, -0.2) is 26.9 Å². The van der Waals surface area contributed by atoms with Gasteiger partial charge in [0.15, 0.2) is 0 Å². The summed E-state index contributed by atoms with van der Waals surface area (Å²) in [6.45, 7) is 6.14. The molecule has 0 aliphatic carbocycles. The molecule has 0 unspecified atom stereocenters. The highest BCUT2D eigenvalue weighted by molar-refractivity contribution is 5.73. The molecule has 0 fully saturated rings. The molecule has 16 heavy (non-hydrogen) atoms. The Hall–Kier alpha value is -1.36. The topological polar surface area (TPSA) is 81.1 Å². The maximum Gasteiger partial charge on any atom is 0.320 e. The summed E-state index contributed by atoms with van der Waals surface area (Å²) in [5, 5.41) is 13.2. The standard InChI is InChI=1S/C11H19N3O2/c1-11(2,3)9-7(6-14(4)13-9)5-8(12)10(15)16/h6,8H,5,12H2,1-4H3,(H,15,16)/t8-/m0/s1. The Bertz CT molecular complexity index is 390. The zero-order valence-corrected chi connectivity index (χ0v) is 10.2. The van der Waals surface area contributed by atoms with Crippen molar-refractivity contribution in [2.45, 2.75) is 38.6 Å². The Morgan fingerprint density at radius 2 is 2.19 bits per heavy atom. The Morgan fingerprint density at radius 1 is 1.62 bits per heavy atom. The largest absolute Gasteiger partial charge is 0.480 e. The lowest BCUT2D eigenvalue weighted by atomic mass is 9.88. The molecule has 0 bridgehead atoms. The van der Waals surface area contributed by atoms with E-state index in [2.05, 4.69) is 5.10 Å². The molecule has 5 nitrogen and oxygen atoms in total. The normalized spacial score (nSPS) is 13.8. The fourth-order valence-electron chi connectivity index (χ4n) is 1.64. The van der Waals surface area contributed by atoms with E-state index in [1.54, 1.807) is 4.68 Å². The van der Waals surface area contributed by atoms with E-state index in [9.17, 15) is 4.79 Å². The van der Waals surface area contributed by atoms with E-state index < -0.39 is 12.0 Å². The molecule has 1 atom stereocenters. The van der Waals surface area contributed by atoms with Gasteiger partial charge >= 0.3 is 5.97 Å². The molecule has 0 aliphatic heterocycles. The smallest absolute Gasteiger partial charge is 0.320 e. The van der Waals surface area contributed by atoms with Crippen LogP contribution in [0.5, 0.6) is 0 Å². The number of aliphatic carboxylic acids is 1. The molecule has 3 N–H and O–H groups in total. The van der Waals surface area contributed by atoms with Gasteiger partial charge in [-0.2, -0.15) is 5.10 Å². The number of hydrogen-bond donors (Lipinski definition) is 2. The summed E-state index contributed by atoms with van der Waals surface area (Å²) in [6, 6.07) is -0.870. The minimum atomic E-state index is -0.983. The first-order chi connectivity index (χ1) is 7.21. The third-order valence-electron chi connectivity index (χ3n) is 2.37. The van der Waals surface area contributed by atoms with Crippen molar-refractivity contribution in [3.05, 3.63) is 17.5 Å². The predicted molar refractivity (Wildman–Crippen MR) is 61.2 cm³/mol. The zero-order chi connectivity index (χ0) is 12.5. The van der Waals surface area contributed by atoms with E-state index in [-0.39, 0.29) is 5.41 Å². The van der Waals surface area contributed by atoms with Crippen molar-refractivity contribution in [2.75, 3.05) is 0 Å². The Kier molecular flexibility index (Phi) is 3.38. The van der Waals surface area contributed by atoms with Crippen LogP contribution in [0.3, 0.4) is 0 Å². The second-order valence-electron chi connectivity index (χ2n) is 5.08. The third kappa shape index (κ3) is 2.82.